The zero-order chi connectivity index (χ0) is 13.7. The normalized spacial score (nSPS) is 17.3. The van der Waals surface area contributed by atoms with Crippen LogP contribution in [0, 0.1) is 0 Å². The van der Waals surface area contributed by atoms with Crippen LogP contribution in [0.25, 0.3) is 0 Å². The minimum absolute atomic E-state index is 0.250. The number of para-hydroxylation sites is 1. The molecule has 1 atom stereocenters. The molecule has 0 fully saturated rings. The van der Waals surface area contributed by atoms with E-state index < -0.39 is 0 Å². The van der Waals surface area contributed by atoms with Crippen LogP contribution in [-0.4, -0.2) is 12.4 Å². The Morgan fingerprint density at radius 1 is 1.32 bits per heavy atom. The Labute approximate surface area is 115 Å². The van der Waals surface area contributed by atoms with Gasteiger partial charge in [-0.15, -0.1) is 0 Å². The number of benzene rings is 1. The van der Waals surface area contributed by atoms with Gasteiger partial charge in [0.1, 0.15) is 5.75 Å². The lowest BCUT2D eigenvalue weighted by Crippen LogP contribution is -2.16. The van der Waals surface area contributed by atoms with Gasteiger partial charge in [0, 0.05) is 6.42 Å². The Morgan fingerprint density at radius 3 is 2.79 bits per heavy atom. The predicted octanol–water partition coefficient (Wildman–Crippen LogP) is 4.26. The van der Waals surface area contributed by atoms with E-state index in [0.29, 0.717) is 18.9 Å². The number of ether oxygens (including phenoxy) is 1. The Morgan fingerprint density at radius 2 is 2.05 bits per heavy atom. The molecule has 1 aliphatic rings. The highest BCUT2D eigenvalue weighted by Gasteiger charge is 2.22. The number of carbonyl (C=O) groups is 1. The van der Waals surface area contributed by atoms with Crippen molar-refractivity contribution in [2.45, 2.75) is 45.4 Å². The molecule has 0 radical (unpaired) electrons. The monoisotopic (exact) mass is 258 g/mol. The summed E-state index contributed by atoms with van der Waals surface area (Å²) < 4.78 is 5.63. The first-order valence-corrected chi connectivity index (χ1v) is 7.18. The molecule has 0 saturated carbocycles. The minimum atomic E-state index is 0.250. The summed E-state index contributed by atoms with van der Waals surface area (Å²) in [6.07, 6.45) is 5.31. The van der Waals surface area contributed by atoms with E-state index in [2.05, 4.69) is 19.9 Å². The molecule has 0 aliphatic carbocycles. The SMILES string of the molecule is CCC(=CC(=O)CC1CCOc2ccccc21)CC. The van der Waals surface area contributed by atoms with E-state index in [4.69, 9.17) is 4.74 Å². The highest BCUT2D eigenvalue weighted by Crippen LogP contribution is 2.35. The standard InChI is InChI=1S/C17H22O2/c1-3-13(4-2)11-15(18)12-14-9-10-19-17-8-6-5-7-16(14)17/h5-8,11,14H,3-4,9-10,12H2,1-2H3. The topological polar surface area (TPSA) is 26.3 Å². The summed E-state index contributed by atoms with van der Waals surface area (Å²) in [5, 5.41) is 0. The van der Waals surface area contributed by atoms with Gasteiger partial charge < -0.3 is 4.74 Å². The zero-order valence-electron chi connectivity index (χ0n) is 11.8. The van der Waals surface area contributed by atoms with Crippen LogP contribution >= 0.6 is 0 Å². The second-order valence-corrected chi connectivity index (χ2v) is 5.05. The quantitative estimate of drug-likeness (QED) is 0.738. The summed E-state index contributed by atoms with van der Waals surface area (Å²) in [5.41, 5.74) is 2.43. The van der Waals surface area contributed by atoms with Gasteiger partial charge >= 0.3 is 0 Å². The van der Waals surface area contributed by atoms with Crippen molar-refractivity contribution >= 4 is 5.78 Å². The molecule has 102 valence electrons. The average molecular weight is 258 g/mol. The van der Waals surface area contributed by atoms with Crippen molar-refractivity contribution in [2.75, 3.05) is 6.61 Å². The summed E-state index contributed by atoms with van der Waals surface area (Å²) in [7, 11) is 0. The zero-order valence-corrected chi connectivity index (χ0v) is 11.8. The first-order valence-electron chi connectivity index (χ1n) is 7.18. The van der Waals surface area contributed by atoms with Crippen LogP contribution in [0.1, 0.15) is 51.0 Å². The van der Waals surface area contributed by atoms with Gasteiger partial charge in [-0.3, -0.25) is 4.79 Å². The van der Waals surface area contributed by atoms with Crippen LogP contribution < -0.4 is 4.74 Å². The highest BCUT2D eigenvalue weighted by molar-refractivity contribution is 5.91. The molecule has 0 spiro atoms. The average Bonchev–Trinajstić information content (AvgIpc) is 2.45. The van der Waals surface area contributed by atoms with Gasteiger partial charge in [-0.05, 0) is 42.9 Å². The second kappa shape index (κ2) is 6.55. The van der Waals surface area contributed by atoms with Crippen LogP contribution in [-0.2, 0) is 4.79 Å². The first-order chi connectivity index (χ1) is 9.24. The molecule has 0 amide bonds. The lowest BCUT2D eigenvalue weighted by Gasteiger charge is -2.25. The van der Waals surface area contributed by atoms with Crippen molar-refractivity contribution in [1.29, 1.82) is 0 Å². The summed E-state index contributed by atoms with van der Waals surface area (Å²) in [6.45, 7) is 4.92. The number of rotatable bonds is 5. The maximum absolute atomic E-state index is 12.1. The molecule has 0 bridgehead atoms. The lowest BCUT2D eigenvalue weighted by molar-refractivity contribution is -0.115. The molecule has 1 unspecified atom stereocenters. The van der Waals surface area contributed by atoms with Crippen molar-refractivity contribution < 1.29 is 9.53 Å². The van der Waals surface area contributed by atoms with E-state index in [-0.39, 0.29) is 5.78 Å². The van der Waals surface area contributed by atoms with Gasteiger partial charge in [-0.25, -0.2) is 0 Å². The fourth-order valence-electron chi connectivity index (χ4n) is 2.61. The fraction of sp³-hybridized carbons (Fsp3) is 0.471. The molecule has 19 heavy (non-hydrogen) atoms. The third-order valence-electron chi connectivity index (χ3n) is 3.80. The molecule has 0 aromatic heterocycles. The molecule has 1 aromatic carbocycles. The molecule has 2 heteroatoms. The first kappa shape index (κ1) is 13.9. The van der Waals surface area contributed by atoms with E-state index >= 15 is 0 Å². The summed E-state index contributed by atoms with van der Waals surface area (Å²) in [6, 6.07) is 8.07. The van der Waals surface area contributed by atoms with Gasteiger partial charge in [0.15, 0.2) is 5.78 Å². The van der Waals surface area contributed by atoms with Crippen molar-refractivity contribution in [3.05, 3.63) is 41.5 Å². The largest absolute Gasteiger partial charge is 0.493 e. The van der Waals surface area contributed by atoms with Crippen molar-refractivity contribution in [1.82, 2.24) is 0 Å². The Kier molecular flexibility index (Phi) is 4.78. The molecule has 2 nitrogen and oxygen atoms in total. The number of hydrogen-bond donors (Lipinski definition) is 0. The van der Waals surface area contributed by atoms with Gasteiger partial charge in [0.05, 0.1) is 6.61 Å². The molecule has 2 rings (SSSR count). The maximum Gasteiger partial charge on any atom is 0.156 e. The Bertz CT molecular complexity index is 468. The smallest absolute Gasteiger partial charge is 0.156 e. The number of allylic oxidation sites excluding steroid dienone is 2. The highest BCUT2D eigenvalue weighted by atomic mass is 16.5. The van der Waals surface area contributed by atoms with Crippen molar-refractivity contribution in [2.24, 2.45) is 0 Å². The van der Waals surface area contributed by atoms with Crippen LogP contribution in [0.5, 0.6) is 5.75 Å². The van der Waals surface area contributed by atoms with Crippen LogP contribution in [0.3, 0.4) is 0 Å². The number of hydrogen-bond acceptors (Lipinski definition) is 2. The van der Waals surface area contributed by atoms with Gasteiger partial charge in [0.2, 0.25) is 0 Å². The van der Waals surface area contributed by atoms with Gasteiger partial charge in [0.25, 0.3) is 0 Å². The lowest BCUT2D eigenvalue weighted by atomic mass is 9.88. The number of ketones is 1. The Hall–Kier alpha value is -1.57. The summed E-state index contributed by atoms with van der Waals surface area (Å²) in [5.74, 6) is 1.51. The molecule has 1 aliphatic heterocycles. The van der Waals surface area contributed by atoms with Gasteiger partial charge in [-0.2, -0.15) is 0 Å². The number of fused-ring (bicyclic) bond motifs is 1. The fourth-order valence-corrected chi connectivity index (χ4v) is 2.61. The van der Waals surface area contributed by atoms with Crippen LogP contribution in [0.4, 0.5) is 0 Å². The van der Waals surface area contributed by atoms with Crippen molar-refractivity contribution in [3.8, 4) is 5.75 Å². The summed E-state index contributed by atoms with van der Waals surface area (Å²) in [4.78, 5) is 12.1. The molecule has 1 aromatic rings. The van der Waals surface area contributed by atoms with E-state index in [1.807, 2.05) is 24.3 Å². The van der Waals surface area contributed by atoms with Crippen LogP contribution in [0.15, 0.2) is 35.9 Å². The minimum Gasteiger partial charge on any atom is -0.493 e. The number of carbonyl (C=O) groups excluding carboxylic acids is 1. The Balaban J connectivity index is 2.09. The van der Waals surface area contributed by atoms with E-state index in [1.54, 1.807) is 0 Å². The summed E-state index contributed by atoms with van der Waals surface area (Å²) >= 11 is 0. The maximum atomic E-state index is 12.1. The predicted molar refractivity (Wildman–Crippen MR) is 77.6 cm³/mol. The van der Waals surface area contributed by atoms with Crippen molar-refractivity contribution in [3.63, 3.8) is 0 Å². The van der Waals surface area contributed by atoms with Crippen LogP contribution in [0.2, 0.25) is 0 Å². The van der Waals surface area contributed by atoms with E-state index in [0.717, 1.165) is 25.0 Å². The molecular formula is C17H22O2. The van der Waals surface area contributed by atoms with Gasteiger partial charge in [-0.1, -0.05) is 37.6 Å². The third-order valence-corrected chi connectivity index (χ3v) is 3.80. The van der Waals surface area contributed by atoms with E-state index in [9.17, 15) is 4.79 Å². The molecule has 1 heterocycles. The molecule has 0 saturated heterocycles. The molecule has 0 N–H and O–H groups in total. The molecular weight excluding hydrogens is 236 g/mol. The second-order valence-electron chi connectivity index (χ2n) is 5.05. The third kappa shape index (κ3) is 3.46. The van der Waals surface area contributed by atoms with E-state index in [1.165, 1.54) is 11.1 Å².